The van der Waals surface area contributed by atoms with E-state index >= 15 is 0 Å². The molecular formula is C6H6N3Pd-. The molecule has 1 aliphatic heterocycles. The van der Waals surface area contributed by atoms with Crippen LogP contribution in [0.3, 0.4) is 0 Å². The van der Waals surface area contributed by atoms with Gasteiger partial charge in [0.05, 0.1) is 0 Å². The summed E-state index contributed by atoms with van der Waals surface area (Å²) in [6.45, 7) is 1.51. The fraction of sp³-hybridized carbons (Fsp3) is 0.333. The summed E-state index contributed by atoms with van der Waals surface area (Å²) in [5, 5.41) is 4.13. The zero-order chi connectivity index (χ0) is 6.10. The minimum Gasteiger partial charge on any atom is -0.652 e. The zero-order valence-electron chi connectivity index (χ0n) is 5.23. The summed E-state index contributed by atoms with van der Waals surface area (Å²) in [6.07, 6.45) is 3.42. The molecule has 0 radical (unpaired) electrons. The second-order valence-corrected chi connectivity index (χ2v) is 1.99. The van der Waals surface area contributed by atoms with Crippen molar-refractivity contribution in [2.24, 2.45) is 0 Å². The van der Waals surface area contributed by atoms with Gasteiger partial charge in [-0.05, 0) is 0 Å². The van der Waals surface area contributed by atoms with Crippen LogP contribution in [0.5, 0.6) is 0 Å². The molecule has 1 aromatic heterocycles. The monoisotopic (exact) mass is 226 g/mol. The summed E-state index contributed by atoms with van der Waals surface area (Å²) in [4.78, 5) is 8.21. The number of rotatable bonds is 0. The van der Waals surface area contributed by atoms with E-state index in [-0.39, 0.29) is 20.4 Å². The van der Waals surface area contributed by atoms with Crippen molar-refractivity contribution in [2.45, 2.75) is 13.1 Å². The molecule has 0 saturated heterocycles. The van der Waals surface area contributed by atoms with Crippen molar-refractivity contribution in [3.05, 3.63) is 29.1 Å². The van der Waals surface area contributed by atoms with E-state index in [0.29, 0.717) is 0 Å². The number of aromatic nitrogens is 2. The van der Waals surface area contributed by atoms with Crippen LogP contribution in [0.1, 0.15) is 11.4 Å². The first-order chi connectivity index (χ1) is 4.47. The van der Waals surface area contributed by atoms with E-state index in [9.17, 15) is 0 Å². The molecule has 1 aliphatic rings. The van der Waals surface area contributed by atoms with Crippen molar-refractivity contribution >= 4 is 0 Å². The third-order valence-corrected chi connectivity index (χ3v) is 1.38. The minimum absolute atomic E-state index is 0. The van der Waals surface area contributed by atoms with Gasteiger partial charge in [-0.1, -0.05) is 0 Å². The molecule has 0 unspecified atom stereocenters. The normalized spacial score (nSPS) is 14.0. The Balaban J connectivity index is 0.000000500. The molecule has 0 atom stereocenters. The Labute approximate surface area is 72.9 Å². The van der Waals surface area contributed by atoms with E-state index in [1.54, 1.807) is 12.4 Å². The molecular weight excluding hydrogens is 221 g/mol. The van der Waals surface area contributed by atoms with E-state index in [0.717, 1.165) is 24.5 Å². The molecule has 3 nitrogen and oxygen atoms in total. The molecule has 2 heterocycles. The van der Waals surface area contributed by atoms with E-state index in [1.165, 1.54) is 0 Å². The third kappa shape index (κ3) is 1.24. The smallest absolute Gasteiger partial charge is 0.0454 e. The van der Waals surface area contributed by atoms with Gasteiger partial charge < -0.3 is 5.32 Å². The van der Waals surface area contributed by atoms with Gasteiger partial charge in [0.1, 0.15) is 0 Å². The van der Waals surface area contributed by atoms with E-state index in [1.807, 2.05) is 0 Å². The average molecular weight is 227 g/mol. The van der Waals surface area contributed by atoms with Crippen molar-refractivity contribution in [3.63, 3.8) is 0 Å². The Kier molecular flexibility index (Phi) is 2.50. The van der Waals surface area contributed by atoms with Crippen LogP contribution in [0.4, 0.5) is 0 Å². The Morgan fingerprint density at radius 2 is 1.60 bits per heavy atom. The van der Waals surface area contributed by atoms with Gasteiger partial charge in [-0.15, -0.1) is 13.1 Å². The van der Waals surface area contributed by atoms with Gasteiger partial charge in [0, 0.05) is 44.2 Å². The van der Waals surface area contributed by atoms with E-state index in [2.05, 4.69) is 15.3 Å². The minimum atomic E-state index is 0. The Morgan fingerprint density at radius 3 is 2.10 bits per heavy atom. The summed E-state index contributed by atoms with van der Waals surface area (Å²) in [7, 11) is 0. The third-order valence-electron chi connectivity index (χ3n) is 1.38. The van der Waals surface area contributed by atoms with Crippen LogP contribution in [0, 0.1) is 0 Å². The van der Waals surface area contributed by atoms with Crippen LogP contribution in [0.25, 0.3) is 5.32 Å². The molecule has 56 valence electrons. The number of hydrogen-bond acceptors (Lipinski definition) is 2. The Hall–Kier alpha value is -0.298. The van der Waals surface area contributed by atoms with Gasteiger partial charge in [0.15, 0.2) is 0 Å². The fourth-order valence-corrected chi connectivity index (χ4v) is 0.928. The molecule has 10 heavy (non-hydrogen) atoms. The predicted molar refractivity (Wildman–Crippen MR) is 32.8 cm³/mol. The molecule has 0 saturated carbocycles. The molecule has 0 aliphatic carbocycles. The largest absolute Gasteiger partial charge is 0.652 e. The summed E-state index contributed by atoms with van der Waals surface area (Å²) >= 11 is 0. The number of hydrogen-bond donors (Lipinski definition) is 0. The molecule has 0 aromatic carbocycles. The molecule has 0 fully saturated rings. The first kappa shape index (κ1) is 7.81. The molecule has 4 heteroatoms. The summed E-state index contributed by atoms with van der Waals surface area (Å²) in [5.74, 6) is 0. The van der Waals surface area contributed by atoms with E-state index < -0.39 is 0 Å². The van der Waals surface area contributed by atoms with Gasteiger partial charge in [0.2, 0.25) is 0 Å². The van der Waals surface area contributed by atoms with Crippen LogP contribution in [0.15, 0.2) is 12.4 Å². The number of fused-ring (bicyclic) bond motifs is 1. The molecule has 2 rings (SSSR count). The predicted octanol–water partition coefficient (Wildman–Crippen LogP) is 0.861. The second-order valence-electron chi connectivity index (χ2n) is 1.99. The van der Waals surface area contributed by atoms with Crippen molar-refractivity contribution in [1.29, 1.82) is 0 Å². The van der Waals surface area contributed by atoms with Gasteiger partial charge in [-0.3, -0.25) is 9.97 Å². The maximum atomic E-state index is 4.13. The van der Waals surface area contributed by atoms with Gasteiger partial charge in [0.25, 0.3) is 0 Å². The standard InChI is InChI=1S/C6H6N3.Pd/c1-2-9-6-4-7-3-5(6)8-1;/h1-2H,3-4H2;/q-1;. The first-order valence-electron chi connectivity index (χ1n) is 2.89. The Morgan fingerprint density at radius 1 is 1.10 bits per heavy atom. The number of nitrogens with zero attached hydrogens (tertiary/aromatic N) is 3. The van der Waals surface area contributed by atoms with Gasteiger partial charge in [-0.25, -0.2) is 0 Å². The summed E-state index contributed by atoms with van der Waals surface area (Å²) < 4.78 is 0. The summed E-state index contributed by atoms with van der Waals surface area (Å²) in [6, 6.07) is 0. The molecule has 0 amide bonds. The summed E-state index contributed by atoms with van der Waals surface area (Å²) in [5.41, 5.74) is 2.08. The SMILES string of the molecule is [Pd].c1cnc2c(n1)C[N-]C2. The molecule has 0 spiro atoms. The van der Waals surface area contributed by atoms with E-state index in [4.69, 9.17) is 0 Å². The van der Waals surface area contributed by atoms with Crippen molar-refractivity contribution < 1.29 is 20.4 Å². The fourth-order valence-electron chi connectivity index (χ4n) is 0.928. The second kappa shape index (κ2) is 3.20. The molecule has 0 bridgehead atoms. The maximum Gasteiger partial charge on any atom is 0.0454 e. The van der Waals surface area contributed by atoms with Gasteiger partial charge >= 0.3 is 0 Å². The van der Waals surface area contributed by atoms with Crippen molar-refractivity contribution in [3.8, 4) is 0 Å². The topological polar surface area (TPSA) is 39.9 Å². The van der Waals surface area contributed by atoms with Crippen LogP contribution < -0.4 is 0 Å². The average Bonchev–Trinajstić information content (AvgIpc) is 2.33. The van der Waals surface area contributed by atoms with Crippen LogP contribution in [-0.4, -0.2) is 9.97 Å². The van der Waals surface area contributed by atoms with Crippen LogP contribution >= 0.6 is 0 Å². The quantitative estimate of drug-likeness (QED) is 0.616. The van der Waals surface area contributed by atoms with Gasteiger partial charge in [-0.2, -0.15) is 0 Å². The molecule has 1 aromatic rings. The molecule has 0 N–H and O–H groups in total. The van der Waals surface area contributed by atoms with Crippen LogP contribution in [0.2, 0.25) is 0 Å². The first-order valence-corrected chi connectivity index (χ1v) is 2.89. The zero-order valence-corrected chi connectivity index (χ0v) is 6.78. The maximum absolute atomic E-state index is 4.13. The van der Waals surface area contributed by atoms with Crippen molar-refractivity contribution in [1.82, 2.24) is 9.97 Å². The van der Waals surface area contributed by atoms with Crippen LogP contribution in [-0.2, 0) is 33.5 Å². The van der Waals surface area contributed by atoms with Crippen molar-refractivity contribution in [2.75, 3.05) is 0 Å². The Bertz CT molecular complexity index is 203.